The van der Waals surface area contributed by atoms with Crippen LogP contribution in [0.1, 0.15) is 6.92 Å². The monoisotopic (exact) mass is 624 g/mol. The second-order valence-corrected chi connectivity index (χ2v) is 10.5. The van der Waals surface area contributed by atoms with Crippen LogP contribution in [-0.2, 0) is 14.2 Å². The molecule has 2 fully saturated rings. The molecule has 0 amide bonds. The van der Waals surface area contributed by atoms with E-state index < -0.39 is 90.7 Å². The van der Waals surface area contributed by atoms with E-state index in [1.54, 1.807) is 0 Å². The predicted molar refractivity (Wildman–Crippen MR) is 145 cm³/mol. The molecule has 9 N–H and O–H groups in total. The summed E-state index contributed by atoms with van der Waals surface area (Å²) < 4.78 is 33.4. The van der Waals surface area contributed by atoms with Crippen LogP contribution in [0.3, 0.4) is 0 Å². The van der Waals surface area contributed by atoms with E-state index in [0.29, 0.717) is 0 Å². The van der Waals surface area contributed by atoms with Crippen LogP contribution < -0.4 is 14.9 Å². The molecule has 0 radical (unpaired) electrons. The zero-order valence-corrected chi connectivity index (χ0v) is 23.3. The molecule has 2 aromatic carbocycles. The summed E-state index contributed by atoms with van der Waals surface area (Å²) in [4.78, 5) is 13.8. The fourth-order valence-corrected chi connectivity index (χ4v) is 4.98. The summed E-state index contributed by atoms with van der Waals surface area (Å²) in [5, 5.41) is 91.9. The number of fused-ring (bicyclic) bond motifs is 1. The van der Waals surface area contributed by atoms with Gasteiger partial charge < -0.3 is 74.1 Å². The Morgan fingerprint density at radius 1 is 0.795 bits per heavy atom. The minimum atomic E-state index is -1.94. The Morgan fingerprint density at radius 2 is 1.48 bits per heavy atom. The molecule has 240 valence electrons. The third kappa shape index (κ3) is 5.74. The van der Waals surface area contributed by atoms with Crippen LogP contribution in [0.4, 0.5) is 0 Å². The molecule has 3 aromatic rings. The van der Waals surface area contributed by atoms with Gasteiger partial charge in [0, 0.05) is 17.7 Å². The van der Waals surface area contributed by atoms with Gasteiger partial charge in [-0.05, 0) is 25.1 Å². The summed E-state index contributed by atoms with van der Waals surface area (Å²) in [7, 11) is 1.24. The van der Waals surface area contributed by atoms with Crippen LogP contribution in [-0.4, -0.2) is 121 Å². The molecule has 5 unspecified atom stereocenters. The number of hydrogen-bond donors (Lipinski definition) is 9. The van der Waals surface area contributed by atoms with Crippen LogP contribution in [0.15, 0.2) is 39.5 Å². The van der Waals surface area contributed by atoms with Crippen molar-refractivity contribution in [1.29, 1.82) is 0 Å². The lowest BCUT2D eigenvalue weighted by molar-refractivity contribution is -0.318. The Morgan fingerprint density at radius 3 is 2.16 bits per heavy atom. The molecule has 44 heavy (non-hydrogen) atoms. The molecule has 10 atom stereocenters. The number of aliphatic hydroxyl groups is 6. The normalized spacial score (nSPS) is 32.5. The Kier molecular flexibility index (Phi) is 8.90. The average molecular weight is 625 g/mol. The van der Waals surface area contributed by atoms with Crippen LogP contribution >= 0.6 is 0 Å². The average Bonchev–Trinajstić information content (AvgIpc) is 2.99. The van der Waals surface area contributed by atoms with Crippen molar-refractivity contribution in [3.05, 3.63) is 40.6 Å². The molecular weight excluding hydrogens is 592 g/mol. The van der Waals surface area contributed by atoms with Gasteiger partial charge in [-0.3, -0.25) is 4.79 Å². The maximum Gasteiger partial charge on any atom is 0.239 e. The largest absolute Gasteiger partial charge is 0.508 e. The number of hydrogen-bond acceptors (Lipinski definition) is 16. The van der Waals surface area contributed by atoms with E-state index in [0.717, 1.165) is 24.3 Å². The lowest BCUT2D eigenvalue weighted by Crippen LogP contribution is -2.61. The smallest absolute Gasteiger partial charge is 0.239 e. The Balaban J connectivity index is 1.50. The van der Waals surface area contributed by atoms with Gasteiger partial charge in [0.2, 0.25) is 17.5 Å². The van der Waals surface area contributed by atoms with Crippen molar-refractivity contribution in [1.82, 2.24) is 0 Å². The number of benzene rings is 2. The van der Waals surface area contributed by atoms with Crippen molar-refractivity contribution in [2.45, 2.75) is 68.3 Å². The molecule has 16 heteroatoms. The third-order valence-corrected chi connectivity index (χ3v) is 7.50. The molecule has 5 rings (SSSR count). The maximum atomic E-state index is 13.8. The quantitative estimate of drug-likeness (QED) is 0.137. The summed E-state index contributed by atoms with van der Waals surface area (Å²) in [6.07, 6.45) is -16.0. The van der Waals surface area contributed by atoms with E-state index in [1.165, 1.54) is 20.1 Å². The molecule has 2 saturated heterocycles. The van der Waals surface area contributed by atoms with Gasteiger partial charge in [0.1, 0.15) is 65.2 Å². The molecule has 0 aliphatic carbocycles. The number of phenols is 3. The van der Waals surface area contributed by atoms with Gasteiger partial charge >= 0.3 is 0 Å². The van der Waals surface area contributed by atoms with E-state index in [1.807, 2.05) is 0 Å². The molecule has 2 aliphatic heterocycles. The summed E-state index contributed by atoms with van der Waals surface area (Å²) in [6.45, 7) is 0.850. The molecule has 0 bridgehead atoms. The minimum Gasteiger partial charge on any atom is -0.508 e. The van der Waals surface area contributed by atoms with Crippen molar-refractivity contribution in [3.63, 3.8) is 0 Å². The lowest BCUT2D eigenvalue weighted by Gasteiger charge is -2.42. The molecule has 16 nitrogen and oxygen atoms in total. The summed E-state index contributed by atoms with van der Waals surface area (Å²) in [5.41, 5.74) is -1.02. The van der Waals surface area contributed by atoms with Crippen molar-refractivity contribution in [3.8, 4) is 40.1 Å². The number of phenolic OH excluding ortho intramolecular Hbond substituents is 3. The first-order valence-corrected chi connectivity index (χ1v) is 13.4. The number of ether oxygens (including phenoxy) is 5. The molecule has 3 heterocycles. The van der Waals surface area contributed by atoms with Crippen LogP contribution in [0, 0.1) is 0 Å². The fourth-order valence-electron chi connectivity index (χ4n) is 4.98. The van der Waals surface area contributed by atoms with Crippen molar-refractivity contribution in [2.75, 3.05) is 13.7 Å². The van der Waals surface area contributed by atoms with Crippen LogP contribution in [0.2, 0.25) is 0 Å². The number of methoxy groups -OCH3 is 1. The van der Waals surface area contributed by atoms with Crippen LogP contribution in [0.25, 0.3) is 22.3 Å². The van der Waals surface area contributed by atoms with Gasteiger partial charge in [0.15, 0.2) is 23.5 Å². The second-order valence-electron chi connectivity index (χ2n) is 10.5. The Hall–Kier alpha value is -3.71. The first-order chi connectivity index (χ1) is 20.8. The lowest BCUT2D eigenvalue weighted by atomic mass is 9.98. The number of aliphatic hydroxyl groups excluding tert-OH is 6. The highest BCUT2D eigenvalue weighted by atomic mass is 16.7. The third-order valence-electron chi connectivity index (χ3n) is 7.50. The highest BCUT2D eigenvalue weighted by Gasteiger charge is 2.47. The first-order valence-electron chi connectivity index (χ1n) is 13.4. The SMILES string of the molecule is COc1cc(O)cc2oc(-c3ccc(O)c(O)c3)c(O[C@@H]3OC(CO[C@@H]4OC(C)[C@H](O)[C@H](O)C4O)[C@@H](O)C(O)C3O)c(=O)c12. The summed E-state index contributed by atoms with van der Waals surface area (Å²) in [6, 6.07) is 5.72. The zero-order valence-electron chi connectivity index (χ0n) is 23.3. The second kappa shape index (κ2) is 12.4. The van der Waals surface area contributed by atoms with E-state index in [2.05, 4.69) is 0 Å². The van der Waals surface area contributed by atoms with Gasteiger partial charge in [-0.2, -0.15) is 0 Å². The highest BCUT2D eigenvalue weighted by Crippen LogP contribution is 2.39. The Labute approximate surface area is 248 Å². The van der Waals surface area contributed by atoms with E-state index in [4.69, 9.17) is 28.1 Å². The van der Waals surface area contributed by atoms with E-state index >= 15 is 0 Å². The van der Waals surface area contributed by atoms with Crippen LogP contribution in [0.5, 0.6) is 28.7 Å². The topological polar surface area (TPSA) is 258 Å². The molecule has 0 saturated carbocycles. The van der Waals surface area contributed by atoms with Crippen molar-refractivity contribution >= 4 is 11.0 Å². The standard InChI is InChI=1S/C28H32O16/c1-9-18(32)21(35)23(37)27(41-9)40-8-16-19(33)22(36)24(38)28(43-16)44-26-20(34)17-14(39-2)6-11(29)7-15(17)42-25(26)10-3-4-12(30)13(31)5-10/h3-7,9,16,18-19,21-24,27-33,35-38H,8H2,1-2H3/t9?,16?,18-,19+,21-,22?,23?,24?,27+,28-/m0/s1. The van der Waals surface area contributed by atoms with E-state index in [9.17, 15) is 50.8 Å². The van der Waals surface area contributed by atoms with E-state index in [-0.39, 0.29) is 33.8 Å². The van der Waals surface area contributed by atoms with Gasteiger partial charge in [-0.25, -0.2) is 0 Å². The molecular formula is C28H32O16. The minimum absolute atomic E-state index is 0.0145. The van der Waals surface area contributed by atoms with Gasteiger partial charge in [-0.15, -0.1) is 0 Å². The van der Waals surface area contributed by atoms with Gasteiger partial charge in [0.05, 0.1) is 19.8 Å². The molecule has 0 spiro atoms. The predicted octanol–water partition coefficient (Wildman–Crippen LogP) is -1.38. The summed E-state index contributed by atoms with van der Waals surface area (Å²) >= 11 is 0. The van der Waals surface area contributed by atoms with Gasteiger partial charge in [-0.1, -0.05) is 0 Å². The summed E-state index contributed by atoms with van der Waals surface area (Å²) in [5.74, 6) is -2.40. The molecule has 2 aliphatic rings. The number of rotatable bonds is 7. The highest BCUT2D eigenvalue weighted by molar-refractivity contribution is 5.88. The first kappa shape index (κ1) is 31.7. The fraction of sp³-hybridized carbons (Fsp3) is 0.464. The number of aromatic hydroxyl groups is 3. The van der Waals surface area contributed by atoms with Gasteiger partial charge in [0.25, 0.3) is 0 Å². The van der Waals surface area contributed by atoms with Crippen molar-refractivity contribution in [2.24, 2.45) is 0 Å². The zero-order chi connectivity index (χ0) is 32.0. The maximum absolute atomic E-state index is 13.8. The van der Waals surface area contributed by atoms with Crippen molar-refractivity contribution < 1.29 is 74.1 Å². The molecule has 1 aromatic heterocycles. The Bertz CT molecular complexity index is 1560.